The van der Waals surface area contributed by atoms with Crippen LogP contribution in [0.2, 0.25) is 0 Å². The van der Waals surface area contributed by atoms with Gasteiger partial charge in [0.2, 0.25) is 0 Å². The summed E-state index contributed by atoms with van der Waals surface area (Å²) >= 11 is 0. The normalized spacial score (nSPS) is 18.9. The van der Waals surface area contributed by atoms with E-state index in [1.165, 1.54) is 0 Å². The van der Waals surface area contributed by atoms with Crippen LogP contribution in [0.15, 0.2) is 48.7 Å². The Hall–Kier alpha value is -3.38. The maximum Gasteiger partial charge on any atom is 0.327 e. The number of aliphatic carboxylic acids is 1. The van der Waals surface area contributed by atoms with Crippen LogP contribution in [0.4, 0.5) is 0 Å². The van der Waals surface area contributed by atoms with Gasteiger partial charge in [0.25, 0.3) is 0 Å². The molecule has 4 N–H and O–H groups in total. The fourth-order valence-electron chi connectivity index (χ4n) is 2.82. The van der Waals surface area contributed by atoms with E-state index in [9.17, 15) is 4.79 Å². The molecule has 2 unspecified atom stereocenters. The minimum atomic E-state index is -1.01. The van der Waals surface area contributed by atoms with Crippen molar-refractivity contribution in [2.45, 2.75) is 12.3 Å². The van der Waals surface area contributed by atoms with E-state index in [1.807, 2.05) is 48.3 Å². The second-order valence-electron chi connectivity index (χ2n) is 6.09. The van der Waals surface area contributed by atoms with Gasteiger partial charge in [0.15, 0.2) is 12.3 Å². The Balaban J connectivity index is 1.52. The van der Waals surface area contributed by atoms with Crippen molar-refractivity contribution in [3.63, 3.8) is 0 Å². The van der Waals surface area contributed by atoms with Crippen molar-refractivity contribution in [1.82, 2.24) is 26.2 Å². The van der Waals surface area contributed by atoms with Crippen molar-refractivity contribution in [3.8, 4) is 17.6 Å². The van der Waals surface area contributed by atoms with Gasteiger partial charge in [-0.2, -0.15) is 10.6 Å². The van der Waals surface area contributed by atoms with Crippen molar-refractivity contribution in [1.29, 1.82) is 0 Å². The van der Waals surface area contributed by atoms with Gasteiger partial charge in [-0.3, -0.25) is 9.48 Å². The summed E-state index contributed by atoms with van der Waals surface area (Å²) in [7, 11) is 1.90. The first kappa shape index (κ1) is 17.1. The quantitative estimate of drug-likeness (QED) is 0.510. The number of ether oxygens (including phenoxy) is 1. The molecule has 8 nitrogen and oxygen atoms in total. The standard InChI is InChI=1S/C19H17N5O3/c1-24-16-8-7-13(9-14(16)11-20-24)6-5-12-3-2-4-15(10-12)27-18-17(19(25)26)21-23-22-18/h2-4,7-11,17-18,21-23H,1H3,(H,25,26). The highest BCUT2D eigenvalue weighted by Gasteiger charge is 2.34. The minimum Gasteiger partial charge on any atom is -0.480 e. The highest BCUT2D eigenvalue weighted by Crippen LogP contribution is 2.17. The van der Waals surface area contributed by atoms with Gasteiger partial charge in [-0.1, -0.05) is 17.9 Å². The van der Waals surface area contributed by atoms with E-state index in [-0.39, 0.29) is 0 Å². The smallest absolute Gasteiger partial charge is 0.327 e. The van der Waals surface area contributed by atoms with Gasteiger partial charge >= 0.3 is 5.97 Å². The molecular formula is C19H17N5O3. The number of hydrogen-bond acceptors (Lipinski definition) is 6. The molecule has 136 valence electrons. The van der Waals surface area contributed by atoms with Crippen LogP contribution in [-0.2, 0) is 11.8 Å². The summed E-state index contributed by atoms with van der Waals surface area (Å²) in [4.78, 5) is 11.2. The van der Waals surface area contributed by atoms with E-state index in [4.69, 9.17) is 9.84 Å². The lowest BCUT2D eigenvalue weighted by Crippen LogP contribution is -2.44. The lowest BCUT2D eigenvalue weighted by atomic mass is 10.1. The highest BCUT2D eigenvalue weighted by molar-refractivity contribution is 5.80. The molecular weight excluding hydrogens is 346 g/mol. The molecule has 2 aromatic carbocycles. The summed E-state index contributed by atoms with van der Waals surface area (Å²) < 4.78 is 7.52. The predicted octanol–water partition coefficient (Wildman–Crippen LogP) is 0.744. The summed E-state index contributed by atoms with van der Waals surface area (Å²) in [6.45, 7) is 0. The van der Waals surface area contributed by atoms with Crippen molar-refractivity contribution in [2.75, 3.05) is 0 Å². The average Bonchev–Trinajstić information content (AvgIpc) is 3.27. The van der Waals surface area contributed by atoms with Gasteiger partial charge in [0.1, 0.15) is 5.75 Å². The molecule has 1 aromatic heterocycles. The SMILES string of the molecule is Cn1ncc2cc(C#Cc3cccc(OC4NNNC4C(=O)O)c3)ccc21. The Morgan fingerprint density at radius 2 is 2.00 bits per heavy atom. The zero-order valence-corrected chi connectivity index (χ0v) is 14.4. The third-order valence-corrected chi connectivity index (χ3v) is 4.21. The van der Waals surface area contributed by atoms with Crippen molar-refractivity contribution in [2.24, 2.45) is 7.05 Å². The molecule has 4 rings (SSSR count). The first-order valence-electron chi connectivity index (χ1n) is 8.29. The first-order valence-corrected chi connectivity index (χ1v) is 8.29. The van der Waals surface area contributed by atoms with E-state index >= 15 is 0 Å². The Kier molecular flexibility index (Phi) is 4.48. The fourth-order valence-corrected chi connectivity index (χ4v) is 2.82. The molecule has 0 spiro atoms. The fraction of sp³-hybridized carbons (Fsp3) is 0.158. The second kappa shape index (κ2) is 7.09. The number of aromatic nitrogens is 2. The van der Waals surface area contributed by atoms with Crippen LogP contribution >= 0.6 is 0 Å². The Bertz CT molecular complexity index is 1070. The maximum atomic E-state index is 11.2. The van der Waals surface area contributed by atoms with Crippen LogP contribution in [0.1, 0.15) is 11.1 Å². The van der Waals surface area contributed by atoms with Gasteiger partial charge in [0, 0.05) is 23.6 Å². The molecule has 27 heavy (non-hydrogen) atoms. The molecule has 1 aliphatic heterocycles. The molecule has 1 fully saturated rings. The van der Waals surface area contributed by atoms with Gasteiger partial charge in [-0.15, -0.1) is 0 Å². The van der Waals surface area contributed by atoms with E-state index < -0.39 is 18.2 Å². The van der Waals surface area contributed by atoms with Gasteiger partial charge in [-0.05, 0) is 36.4 Å². The zero-order valence-electron chi connectivity index (χ0n) is 14.4. The number of carboxylic acids is 1. The number of nitrogens with one attached hydrogen (secondary N) is 3. The van der Waals surface area contributed by atoms with Crippen LogP contribution in [0.25, 0.3) is 10.9 Å². The molecule has 3 aromatic rings. The average molecular weight is 363 g/mol. The number of hydrazine groups is 2. The highest BCUT2D eigenvalue weighted by atomic mass is 16.5. The number of carbonyl (C=O) groups is 1. The predicted molar refractivity (Wildman–Crippen MR) is 98.4 cm³/mol. The van der Waals surface area contributed by atoms with E-state index in [2.05, 4.69) is 33.3 Å². The van der Waals surface area contributed by atoms with Crippen LogP contribution in [0.5, 0.6) is 5.75 Å². The summed E-state index contributed by atoms with van der Waals surface area (Å²) in [6, 6.07) is 12.3. The molecule has 8 heteroatoms. The third-order valence-electron chi connectivity index (χ3n) is 4.21. The molecule has 0 amide bonds. The Morgan fingerprint density at radius 1 is 1.19 bits per heavy atom. The molecule has 2 heterocycles. The van der Waals surface area contributed by atoms with E-state index in [0.29, 0.717) is 5.75 Å². The molecule has 0 aliphatic carbocycles. The number of nitrogens with zero attached hydrogens (tertiary/aromatic N) is 2. The number of hydrogen-bond donors (Lipinski definition) is 4. The molecule has 1 aliphatic rings. The Labute approximate surface area is 155 Å². The van der Waals surface area contributed by atoms with Crippen molar-refractivity contribution in [3.05, 3.63) is 59.8 Å². The molecule has 0 radical (unpaired) electrons. The largest absolute Gasteiger partial charge is 0.480 e. The molecule has 1 saturated heterocycles. The Morgan fingerprint density at radius 3 is 2.81 bits per heavy atom. The number of aryl methyl sites for hydroxylation is 1. The monoisotopic (exact) mass is 363 g/mol. The molecule has 0 bridgehead atoms. The van der Waals surface area contributed by atoms with Crippen molar-refractivity contribution < 1.29 is 14.6 Å². The van der Waals surface area contributed by atoms with Crippen molar-refractivity contribution >= 4 is 16.9 Å². The zero-order chi connectivity index (χ0) is 18.8. The van der Waals surface area contributed by atoms with Crippen LogP contribution < -0.4 is 21.1 Å². The van der Waals surface area contributed by atoms with E-state index in [0.717, 1.165) is 22.0 Å². The van der Waals surface area contributed by atoms with E-state index in [1.54, 1.807) is 12.1 Å². The van der Waals surface area contributed by atoms with Crippen LogP contribution in [0, 0.1) is 11.8 Å². The number of benzene rings is 2. The number of carboxylic acid groups (broad SMARTS) is 1. The maximum absolute atomic E-state index is 11.2. The summed E-state index contributed by atoms with van der Waals surface area (Å²) in [5, 5.41) is 14.4. The summed E-state index contributed by atoms with van der Waals surface area (Å²) in [6.07, 6.45) is 1.07. The first-order chi connectivity index (χ1) is 13.1. The van der Waals surface area contributed by atoms with Gasteiger partial charge < -0.3 is 9.84 Å². The lowest BCUT2D eigenvalue weighted by Gasteiger charge is -2.16. The van der Waals surface area contributed by atoms with Gasteiger partial charge in [-0.25, -0.2) is 10.9 Å². The van der Waals surface area contributed by atoms with Crippen LogP contribution in [-0.4, -0.2) is 33.1 Å². The number of fused-ring (bicyclic) bond motifs is 1. The summed E-state index contributed by atoms with van der Waals surface area (Å²) in [5.74, 6) is 5.75. The second-order valence-corrected chi connectivity index (χ2v) is 6.09. The lowest BCUT2D eigenvalue weighted by molar-refractivity contribution is -0.141. The summed E-state index contributed by atoms with van der Waals surface area (Å²) in [5.41, 5.74) is 10.6. The molecule has 0 saturated carbocycles. The van der Waals surface area contributed by atoms with Gasteiger partial charge in [0.05, 0.1) is 11.7 Å². The minimum absolute atomic E-state index is 0.527. The molecule has 2 atom stereocenters. The third kappa shape index (κ3) is 3.61. The van der Waals surface area contributed by atoms with Crippen LogP contribution in [0.3, 0.4) is 0 Å². The topological polar surface area (TPSA) is 100 Å². The number of rotatable bonds is 3.